The zero-order valence-corrected chi connectivity index (χ0v) is 20.9. The standard InChI is InChI=1S/C24H26N10OS/c1-14(15-5-3-9-29-19(15)27)34(10-4-8-25)22-30-21(31-23(32-22)35-2)33-12-24(13-33)7-6-17-18(24)16(11-26)20(28)36-17/h3,5,9,14H,4,6-7,10,12-13,28H2,1-2H3,(H2,27,29). The summed E-state index contributed by atoms with van der Waals surface area (Å²) in [7, 11) is 1.51. The molecule has 1 aliphatic carbocycles. The number of nitrogens with zero attached hydrogens (tertiary/aromatic N) is 8. The van der Waals surface area contributed by atoms with Crippen LogP contribution in [-0.2, 0) is 11.8 Å². The Morgan fingerprint density at radius 2 is 2.08 bits per heavy atom. The van der Waals surface area contributed by atoms with E-state index in [0.29, 0.717) is 47.9 Å². The van der Waals surface area contributed by atoms with Gasteiger partial charge in [-0.2, -0.15) is 25.5 Å². The first-order valence-electron chi connectivity index (χ1n) is 11.6. The Bertz CT molecular complexity index is 1380. The lowest BCUT2D eigenvalue weighted by Gasteiger charge is -2.48. The molecule has 1 atom stereocenters. The van der Waals surface area contributed by atoms with E-state index in [1.165, 1.54) is 23.3 Å². The van der Waals surface area contributed by atoms with Gasteiger partial charge < -0.3 is 26.0 Å². The lowest BCUT2D eigenvalue weighted by atomic mass is 9.74. The second kappa shape index (κ2) is 9.13. The van der Waals surface area contributed by atoms with Crippen LogP contribution in [0.25, 0.3) is 0 Å². The Kier molecular flexibility index (Phi) is 5.98. The number of ether oxygens (including phenoxy) is 1. The molecule has 184 valence electrons. The molecule has 1 unspecified atom stereocenters. The molecular formula is C24H26N10OS. The minimum absolute atomic E-state index is 0.119. The van der Waals surface area contributed by atoms with E-state index in [4.69, 9.17) is 21.2 Å². The summed E-state index contributed by atoms with van der Waals surface area (Å²) >= 11 is 1.53. The van der Waals surface area contributed by atoms with Gasteiger partial charge in [-0.3, -0.25) is 0 Å². The van der Waals surface area contributed by atoms with Gasteiger partial charge in [0.1, 0.15) is 16.9 Å². The van der Waals surface area contributed by atoms with Crippen LogP contribution in [0.5, 0.6) is 6.01 Å². The molecule has 1 spiro atoms. The summed E-state index contributed by atoms with van der Waals surface area (Å²) in [4.78, 5) is 23.2. The minimum Gasteiger partial charge on any atom is -0.467 e. The van der Waals surface area contributed by atoms with E-state index >= 15 is 0 Å². The minimum atomic E-state index is -0.237. The third-order valence-corrected chi connectivity index (χ3v) is 8.11. The predicted octanol–water partition coefficient (Wildman–Crippen LogP) is 2.56. The number of rotatable bonds is 7. The van der Waals surface area contributed by atoms with Crippen LogP contribution in [0.2, 0.25) is 0 Å². The van der Waals surface area contributed by atoms with Crippen LogP contribution < -0.4 is 26.0 Å². The normalized spacial score (nSPS) is 16.1. The SMILES string of the molecule is COc1nc(N2CC3(CCc4sc(N)c(C#N)c43)C2)nc(N(CCC#N)C(C)c2cccnc2N)n1. The maximum Gasteiger partial charge on any atom is 0.322 e. The van der Waals surface area contributed by atoms with E-state index in [2.05, 4.69) is 32.0 Å². The Labute approximate surface area is 213 Å². The molecule has 5 rings (SSSR count). The van der Waals surface area contributed by atoms with Crippen LogP contribution in [0, 0.1) is 22.7 Å². The van der Waals surface area contributed by atoms with Crippen molar-refractivity contribution in [2.75, 3.05) is 48.0 Å². The van der Waals surface area contributed by atoms with Crippen LogP contribution in [0.4, 0.5) is 22.7 Å². The number of nitrogen functional groups attached to an aromatic ring is 2. The van der Waals surface area contributed by atoms with Crippen LogP contribution in [-0.4, -0.2) is 46.7 Å². The van der Waals surface area contributed by atoms with Gasteiger partial charge in [-0.1, -0.05) is 6.07 Å². The van der Waals surface area contributed by atoms with E-state index in [1.807, 2.05) is 24.0 Å². The van der Waals surface area contributed by atoms with Crippen molar-refractivity contribution in [1.29, 1.82) is 10.5 Å². The first-order valence-corrected chi connectivity index (χ1v) is 12.4. The van der Waals surface area contributed by atoms with Crippen LogP contribution in [0.3, 0.4) is 0 Å². The maximum atomic E-state index is 9.68. The molecule has 4 heterocycles. The highest BCUT2D eigenvalue weighted by Crippen LogP contribution is 2.52. The molecule has 0 aromatic carbocycles. The zero-order chi connectivity index (χ0) is 25.4. The summed E-state index contributed by atoms with van der Waals surface area (Å²) in [5, 5.41) is 19.5. The van der Waals surface area contributed by atoms with E-state index in [-0.39, 0.29) is 23.9 Å². The van der Waals surface area contributed by atoms with Gasteiger partial charge in [0.2, 0.25) is 11.9 Å². The quantitative estimate of drug-likeness (QED) is 0.487. The molecule has 4 N–H and O–H groups in total. The maximum absolute atomic E-state index is 9.68. The molecule has 1 aliphatic heterocycles. The summed E-state index contributed by atoms with van der Waals surface area (Å²) < 4.78 is 5.42. The fourth-order valence-corrected chi connectivity index (χ4v) is 6.39. The summed E-state index contributed by atoms with van der Waals surface area (Å²) in [6, 6.07) is 8.18. The number of hydrogen-bond acceptors (Lipinski definition) is 12. The highest BCUT2D eigenvalue weighted by Gasteiger charge is 2.52. The van der Waals surface area contributed by atoms with E-state index in [0.717, 1.165) is 24.0 Å². The molecule has 1 saturated heterocycles. The van der Waals surface area contributed by atoms with Gasteiger partial charge in [0.25, 0.3) is 0 Å². The van der Waals surface area contributed by atoms with Crippen molar-refractivity contribution in [3.8, 4) is 18.1 Å². The highest BCUT2D eigenvalue weighted by molar-refractivity contribution is 7.16. The van der Waals surface area contributed by atoms with Crippen LogP contribution >= 0.6 is 11.3 Å². The fourth-order valence-electron chi connectivity index (χ4n) is 5.25. The second-order valence-corrected chi connectivity index (χ2v) is 10.2. The molecule has 36 heavy (non-hydrogen) atoms. The van der Waals surface area contributed by atoms with Crippen molar-refractivity contribution in [3.63, 3.8) is 0 Å². The van der Waals surface area contributed by atoms with E-state index in [9.17, 15) is 10.5 Å². The molecular weight excluding hydrogens is 476 g/mol. The average Bonchev–Trinajstić information content (AvgIpc) is 3.38. The predicted molar refractivity (Wildman–Crippen MR) is 137 cm³/mol. The van der Waals surface area contributed by atoms with Gasteiger partial charge >= 0.3 is 6.01 Å². The number of nitrogens with two attached hydrogens (primary N) is 2. The van der Waals surface area contributed by atoms with Gasteiger partial charge in [-0.25, -0.2) is 4.98 Å². The van der Waals surface area contributed by atoms with Crippen molar-refractivity contribution < 1.29 is 4.74 Å². The third-order valence-electron chi connectivity index (χ3n) is 7.04. The van der Waals surface area contributed by atoms with Gasteiger partial charge in [0.05, 0.1) is 31.2 Å². The molecule has 2 aliphatic rings. The highest BCUT2D eigenvalue weighted by atomic mass is 32.1. The largest absolute Gasteiger partial charge is 0.467 e. The number of nitriles is 2. The first-order chi connectivity index (χ1) is 17.4. The number of hydrogen-bond donors (Lipinski definition) is 2. The monoisotopic (exact) mass is 502 g/mol. The molecule has 0 bridgehead atoms. The van der Waals surface area contributed by atoms with Crippen LogP contribution in [0.15, 0.2) is 18.3 Å². The molecule has 11 nitrogen and oxygen atoms in total. The number of aryl methyl sites for hydroxylation is 1. The Morgan fingerprint density at radius 3 is 2.78 bits per heavy atom. The van der Waals surface area contributed by atoms with Crippen molar-refractivity contribution >= 4 is 34.1 Å². The van der Waals surface area contributed by atoms with Gasteiger partial charge in [0.15, 0.2) is 0 Å². The Hall–Kier alpha value is -4.16. The Morgan fingerprint density at radius 1 is 1.28 bits per heavy atom. The number of anilines is 4. The summed E-state index contributed by atoms with van der Waals surface area (Å²) in [5.41, 5.74) is 14.7. The van der Waals surface area contributed by atoms with Crippen molar-refractivity contribution in [3.05, 3.63) is 39.9 Å². The van der Waals surface area contributed by atoms with Gasteiger partial charge in [-0.15, -0.1) is 11.3 Å². The lowest BCUT2D eigenvalue weighted by Crippen LogP contribution is -2.59. The van der Waals surface area contributed by atoms with E-state index < -0.39 is 0 Å². The molecule has 0 amide bonds. The van der Waals surface area contributed by atoms with Crippen molar-refractivity contribution in [2.24, 2.45) is 0 Å². The molecule has 0 saturated carbocycles. The van der Waals surface area contributed by atoms with Gasteiger partial charge in [0, 0.05) is 41.7 Å². The zero-order valence-electron chi connectivity index (χ0n) is 20.1. The number of pyridine rings is 1. The average molecular weight is 503 g/mol. The van der Waals surface area contributed by atoms with E-state index in [1.54, 1.807) is 6.20 Å². The topological polar surface area (TPSA) is 167 Å². The fraction of sp³-hybridized carbons (Fsp3) is 0.417. The number of fused-ring (bicyclic) bond motifs is 2. The summed E-state index contributed by atoms with van der Waals surface area (Å²) in [5.74, 6) is 1.30. The number of aromatic nitrogens is 4. The molecule has 1 fully saturated rings. The second-order valence-electron chi connectivity index (χ2n) is 9.07. The molecule has 12 heteroatoms. The summed E-state index contributed by atoms with van der Waals surface area (Å²) in [6.07, 6.45) is 3.82. The van der Waals surface area contributed by atoms with Crippen molar-refractivity contribution in [1.82, 2.24) is 19.9 Å². The lowest BCUT2D eigenvalue weighted by molar-refractivity contribution is 0.320. The summed E-state index contributed by atoms with van der Waals surface area (Å²) in [6.45, 7) is 3.73. The molecule has 3 aromatic rings. The first kappa shape index (κ1) is 23.6. The third kappa shape index (κ3) is 3.80. The van der Waals surface area contributed by atoms with Gasteiger partial charge in [-0.05, 0) is 31.4 Å². The number of thiophene rings is 1. The van der Waals surface area contributed by atoms with Crippen LogP contribution in [0.1, 0.15) is 47.4 Å². The molecule has 3 aromatic heterocycles. The number of methoxy groups -OCH3 is 1. The van der Waals surface area contributed by atoms with Crippen molar-refractivity contribution in [2.45, 2.75) is 37.6 Å². The molecule has 0 radical (unpaired) electrons. The smallest absolute Gasteiger partial charge is 0.322 e. The Balaban J connectivity index is 1.47.